The summed E-state index contributed by atoms with van der Waals surface area (Å²) < 4.78 is 5.75. The molecule has 2 aromatic rings. The van der Waals surface area contributed by atoms with Crippen LogP contribution in [0.5, 0.6) is 0 Å². The van der Waals surface area contributed by atoms with Crippen LogP contribution in [0.25, 0.3) is 0 Å². The van der Waals surface area contributed by atoms with E-state index in [1.165, 1.54) is 0 Å². The van der Waals surface area contributed by atoms with E-state index in [4.69, 9.17) is 16.3 Å². The molecule has 1 fully saturated rings. The van der Waals surface area contributed by atoms with Crippen LogP contribution in [0.1, 0.15) is 45.1 Å². The highest BCUT2D eigenvalue weighted by Gasteiger charge is 2.28. The van der Waals surface area contributed by atoms with Crippen LogP contribution in [0.15, 0.2) is 42.5 Å². The van der Waals surface area contributed by atoms with Crippen LogP contribution in [-0.2, 0) is 9.53 Å². The van der Waals surface area contributed by atoms with Crippen molar-refractivity contribution < 1.29 is 14.6 Å². The van der Waals surface area contributed by atoms with Crippen LogP contribution < -0.4 is 10.2 Å². The van der Waals surface area contributed by atoms with Gasteiger partial charge in [0.1, 0.15) is 0 Å². The third-order valence-corrected chi connectivity index (χ3v) is 6.03. The van der Waals surface area contributed by atoms with E-state index in [0.717, 1.165) is 35.6 Å². The highest BCUT2D eigenvalue weighted by atomic mass is 35.5. The average Bonchev–Trinajstić information content (AvgIpc) is 2.73. The first-order chi connectivity index (χ1) is 14.4. The lowest BCUT2D eigenvalue weighted by Crippen LogP contribution is -2.48. The third-order valence-electron chi connectivity index (χ3n) is 5.77. The van der Waals surface area contributed by atoms with E-state index in [1.807, 2.05) is 31.2 Å². The van der Waals surface area contributed by atoms with E-state index >= 15 is 0 Å². The summed E-state index contributed by atoms with van der Waals surface area (Å²) >= 11 is 6.05. The summed E-state index contributed by atoms with van der Waals surface area (Å²) in [5, 5.41) is 13.5. The lowest BCUT2D eigenvalue weighted by Gasteiger charge is -2.40. The van der Waals surface area contributed by atoms with Crippen LogP contribution in [0, 0.1) is 5.92 Å². The van der Waals surface area contributed by atoms with Crippen LogP contribution in [0.2, 0.25) is 5.02 Å². The van der Waals surface area contributed by atoms with Crippen molar-refractivity contribution in [2.45, 2.75) is 45.6 Å². The molecule has 0 bridgehead atoms. The van der Waals surface area contributed by atoms with Gasteiger partial charge < -0.3 is 20.1 Å². The summed E-state index contributed by atoms with van der Waals surface area (Å²) in [7, 11) is 0. The molecular weight excluding hydrogens is 400 g/mol. The Morgan fingerprint density at radius 1 is 1.27 bits per heavy atom. The van der Waals surface area contributed by atoms with Crippen molar-refractivity contribution >= 4 is 34.6 Å². The number of ether oxygens (including phenoxy) is 1. The smallest absolute Gasteiger partial charge is 0.303 e. The van der Waals surface area contributed by atoms with Crippen molar-refractivity contribution in [2.24, 2.45) is 5.92 Å². The Bertz CT molecular complexity index is 854. The second kappa shape index (κ2) is 10.2. The number of benzene rings is 2. The number of anilines is 3. The maximum atomic E-state index is 11.3. The van der Waals surface area contributed by atoms with E-state index in [0.29, 0.717) is 24.2 Å². The van der Waals surface area contributed by atoms with Crippen molar-refractivity contribution in [1.82, 2.24) is 0 Å². The zero-order valence-electron chi connectivity index (χ0n) is 17.9. The van der Waals surface area contributed by atoms with Gasteiger partial charge in [-0.25, -0.2) is 0 Å². The molecule has 0 amide bonds. The Morgan fingerprint density at radius 3 is 2.63 bits per heavy atom. The summed E-state index contributed by atoms with van der Waals surface area (Å²) in [4.78, 5) is 13.7. The van der Waals surface area contributed by atoms with Gasteiger partial charge in [0.05, 0.1) is 37.1 Å². The van der Waals surface area contributed by atoms with Gasteiger partial charge in [0.2, 0.25) is 0 Å². The maximum absolute atomic E-state index is 11.3. The zero-order chi connectivity index (χ0) is 21.7. The minimum Gasteiger partial charge on any atom is -0.481 e. The molecule has 0 radical (unpaired) electrons. The molecule has 1 aliphatic rings. The predicted octanol–water partition coefficient (Wildman–Crippen LogP) is 5.91. The summed E-state index contributed by atoms with van der Waals surface area (Å²) in [6.07, 6.45) is 0.903. The highest BCUT2D eigenvalue weighted by molar-refractivity contribution is 6.30. The number of hydrogen-bond acceptors (Lipinski definition) is 4. The molecule has 1 saturated heterocycles. The van der Waals surface area contributed by atoms with Gasteiger partial charge in [-0.05, 0) is 60.2 Å². The van der Waals surface area contributed by atoms with Gasteiger partial charge in [0, 0.05) is 17.3 Å². The molecule has 0 aromatic heterocycles. The predicted molar refractivity (Wildman–Crippen MR) is 123 cm³/mol. The van der Waals surface area contributed by atoms with Crippen LogP contribution in [0.4, 0.5) is 17.1 Å². The van der Waals surface area contributed by atoms with Gasteiger partial charge in [-0.1, -0.05) is 38.4 Å². The lowest BCUT2D eigenvalue weighted by molar-refractivity contribution is -0.137. The zero-order valence-corrected chi connectivity index (χ0v) is 18.7. The molecule has 6 heteroatoms. The van der Waals surface area contributed by atoms with Gasteiger partial charge in [-0.3, -0.25) is 4.79 Å². The average molecular weight is 431 g/mol. The number of halogens is 1. The minimum absolute atomic E-state index is 0.0205. The molecule has 1 unspecified atom stereocenters. The van der Waals surface area contributed by atoms with Gasteiger partial charge >= 0.3 is 5.97 Å². The number of carbonyl (C=O) groups is 1. The summed E-state index contributed by atoms with van der Waals surface area (Å²) in [5.74, 6) is -0.345. The monoisotopic (exact) mass is 430 g/mol. The Kier molecular flexibility index (Phi) is 7.62. The van der Waals surface area contributed by atoms with Gasteiger partial charge in [-0.2, -0.15) is 0 Å². The van der Waals surface area contributed by atoms with Gasteiger partial charge in [-0.15, -0.1) is 0 Å². The molecule has 0 spiro atoms. The third kappa shape index (κ3) is 5.46. The fourth-order valence-electron chi connectivity index (χ4n) is 4.03. The number of morpholine rings is 1. The Balaban J connectivity index is 2.01. The molecule has 1 heterocycles. The first-order valence-electron chi connectivity index (χ1n) is 10.6. The first-order valence-corrected chi connectivity index (χ1v) is 11.0. The molecular formula is C24H31ClN2O3. The van der Waals surface area contributed by atoms with E-state index in [9.17, 15) is 9.90 Å². The number of aliphatic carboxylic acids is 1. The molecule has 3 rings (SSSR count). The number of nitrogens with one attached hydrogen (secondary N) is 1. The standard InChI is InChI=1S/C24H31ClN2O3/c1-4-17(14-24(28)29)18-5-10-22(27-11-12-30-15-23(27)16(2)3)21(13-18)26-20-8-6-19(25)7-9-20/h5-10,13,16-17,23,26H,4,11-12,14-15H2,1-3H3,(H,28,29)/t17?,23-/m0/s1. The Hall–Kier alpha value is -2.24. The molecule has 162 valence electrons. The quantitative estimate of drug-likeness (QED) is 0.544. The molecule has 0 saturated carbocycles. The summed E-state index contributed by atoms with van der Waals surface area (Å²) in [6, 6.07) is 14.2. The fourth-order valence-corrected chi connectivity index (χ4v) is 4.16. The van der Waals surface area contributed by atoms with Crippen molar-refractivity contribution in [3.63, 3.8) is 0 Å². The minimum atomic E-state index is -0.772. The number of nitrogens with zero attached hydrogens (tertiary/aromatic N) is 1. The van der Waals surface area contributed by atoms with Crippen LogP contribution in [0.3, 0.4) is 0 Å². The van der Waals surface area contributed by atoms with Gasteiger partial charge in [0.25, 0.3) is 0 Å². The Labute approximate surface area is 184 Å². The number of hydrogen-bond donors (Lipinski definition) is 2. The topological polar surface area (TPSA) is 61.8 Å². The van der Waals surface area contributed by atoms with Crippen molar-refractivity contribution in [1.29, 1.82) is 0 Å². The lowest BCUT2D eigenvalue weighted by atomic mass is 9.92. The van der Waals surface area contributed by atoms with Gasteiger partial charge in [0.15, 0.2) is 0 Å². The van der Waals surface area contributed by atoms with E-state index < -0.39 is 5.97 Å². The fraction of sp³-hybridized carbons (Fsp3) is 0.458. The van der Waals surface area contributed by atoms with E-state index in [2.05, 4.69) is 42.3 Å². The Morgan fingerprint density at radius 2 is 2.00 bits per heavy atom. The van der Waals surface area contributed by atoms with E-state index in [-0.39, 0.29) is 18.4 Å². The van der Waals surface area contributed by atoms with Crippen LogP contribution in [-0.4, -0.2) is 36.9 Å². The van der Waals surface area contributed by atoms with Crippen LogP contribution >= 0.6 is 11.6 Å². The SMILES string of the molecule is CCC(CC(=O)O)c1ccc(N2CCOC[C@H]2C(C)C)c(Nc2ccc(Cl)cc2)c1. The first kappa shape index (κ1) is 22.4. The molecule has 2 aromatic carbocycles. The molecule has 30 heavy (non-hydrogen) atoms. The largest absolute Gasteiger partial charge is 0.481 e. The number of carboxylic acid groups (broad SMARTS) is 1. The summed E-state index contributed by atoms with van der Waals surface area (Å²) in [6.45, 7) is 8.69. The van der Waals surface area contributed by atoms with E-state index in [1.54, 1.807) is 0 Å². The molecule has 0 aliphatic carbocycles. The van der Waals surface area contributed by atoms with Crippen molar-refractivity contribution in [3.05, 3.63) is 53.1 Å². The molecule has 2 N–H and O–H groups in total. The second-order valence-corrected chi connectivity index (χ2v) is 8.63. The normalized spacial score (nSPS) is 17.8. The molecule has 5 nitrogen and oxygen atoms in total. The van der Waals surface area contributed by atoms with Crippen molar-refractivity contribution in [2.75, 3.05) is 30.0 Å². The number of rotatable bonds is 8. The van der Waals surface area contributed by atoms with Crippen molar-refractivity contribution in [3.8, 4) is 0 Å². The second-order valence-electron chi connectivity index (χ2n) is 8.19. The summed E-state index contributed by atoms with van der Waals surface area (Å²) in [5.41, 5.74) is 4.07. The maximum Gasteiger partial charge on any atom is 0.303 e. The molecule has 1 aliphatic heterocycles. The molecule has 2 atom stereocenters. The highest BCUT2D eigenvalue weighted by Crippen LogP contribution is 2.37. The number of carboxylic acids is 1.